The van der Waals surface area contributed by atoms with Crippen LogP contribution in [0.3, 0.4) is 0 Å². The summed E-state index contributed by atoms with van der Waals surface area (Å²) in [7, 11) is 1.31. The van der Waals surface area contributed by atoms with Crippen LogP contribution >= 0.6 is 0 Å². The Morgan fingerprint density at radius 2 is 1.67 bits per heavy atom. The first-order valence-electron chi connectivity index (χ1n) is 14.3. The van der Waals surface area contributed by atoms with Crippen LogP contribution in [0.2, 0.25) is 0 Å². The van der Waals surface area contributed by atoms with E-state index in [1.54, 1.807) is 12.1 Å². The number of rotatable bonds is 12. The van der Waals surface area contributed by atoms with Crippen LogP contribution in [-0.4, -0.2) is 67.0 Å². The Balaban J connectivity index is 1.25. The maximum absolute atomic E-state index is 13.5. The highest BCUT2D eigenvalue weighted by Crippen LogP contribution is 2.33. The van der Waals surface area contributed by atoms with Gasteiger partial charge in [0.2, 0.25) is 5.91 Å². The topological polar surface area (TPSA) is 97.4 Å². The summed E-state index contributed by atoms with van der Waals surface area (Å²) < 4.78 is 16.4. The molecule has 1 saturated heterocycles. The first-order valence-corrected chi connectivity index (χ1v) is 14.3. The lowest BCUT2D eigenvalue weighted by Crippen LogP contribution is -2.47. The van der Waals surface area contributed by atoms with Crippen LogP contribution in [0.25, 0.3) is 0 Å². The van der Waals surface area contributed by atoms with Gasteiger partial charge in [-0.25, -0.2) is 0 Å². The third-order valence-electron chi connectivity index (χ3n) is 7.72. The fourth-order valence-electron chi connectivity index (χ4n) is 5.32. The minimum atomic E-state index is -0.834. The number of carbonyl (C=O) groups is 3. The molecule has 1 fully saturated rings. The molecular weight excluding hydrogens is 534 g/mol. The molecular formula is C33H37N3O6. The van der Waals surface area contributed by atoms with Crippen molar-refractivity contribution >= 4 is 17.8 Å². The van der Waals surface area contributed by atoms with E-state index in [0.717, 1.165) is 49.5 Å². The number of benzene rings is 3. The number of fused-ring (bicyclic) bond motifs is 1. The molecule has 0 radical (unpaired) electrons. The Kier molecular flexibility index (Phi) is 9.84. The van der Waals surface area contributed by atoms with Gasteiger partial charge in [-0.1, -0.05) is 60.7 Å². The quantitative estimate of drug-likeness (QED) is 0.331. The van der Waals surface area contributed by atoms with Gasteiger partial charge < -0.3 is 24.4 Å². The Hall–Kier alpha value is -4.21. The van der Waals surface area contributed by atoms with Gasteiger partial charge in [-0.3, -0.25) is 19.3 Å². The molecule has 0 aromatic heterocycles. The van der Waals surface area contributed by atoms with Crippen molar-refractivity contribution in [3.05, 3.63) is 101 Å². The number of nitrogens with zero attached hydrogens (tertiary/aromatic N) is 2. The molecule has 2 aliphatic heterocycles. The Morgan fingerprint density at radius 3 is 2.40 bits per heavy atom. The van der Waals surface area contributed by atoms with Crippen LogP contribution in [0.1, 0.15) is 45.5 Å². The monoisotopic (exact) mass is 571 g/mol. The van der Waals surface area contributed by atoms with Gasteiger partial charge in [-0.15, -0.1) is 0 Å². The summed E-state index contributed by atoms with van der Waals surface area (Å²) in [5.74, 6) is -0.395. The summed E-state index contributed by atoms with van der Waals surface area (Å²) in [5, 5.41) is 2.93. The lowest BCUT2D eigenvalue weighted by Gasteiger charge is -2.27. The average molecular weight is 572 g/mol. The predicted octanol–water partition coefficient (Wildman–Crippen LogP) is 3.69. The number of ether oxygens (including phenoxy) is 3. The predicted molar refractivity (Wildman–Crippen MR) is 157 cm³/mol. The molecule has 42 heavy (non-hydrogen) atoms. The van der Waals surface area contributed by atoms with Crippen molar-refractivity contribution in [2.75, 3.05) is 33.4 Å². The van der Waals surface area contributed by atoms with Crippen molar-refractivity contribution in [1.82, 2.24) is 15.1 Å². The van der Waals surface area contributed by atoms with Gasteiger partial charge in [0.1, 0.15) is 18.4 Å². The molecule has 2 amide bonds. The van der Waals surface area contributed by atoms with E-state index in [-0.39, 0.29) is 31.2 Å². The number of carbonyl (C=O) groups excluding carboxylic acids is 3. The minimum absolute atomic E-state index is 0.0188. The molecule has 0 spiro atoms. The van der Waals surface area contributed by atoms with Crippen molar-refractivity contribution in [3.8, 4) is 5.75 Å². The Morgan fingerprint density at radius 1 is 0.929 bits per heavy atom. The van der Waals surface area contributed by atoms with E-state index in [0.29, 0.717) is 24.5 Å². The third kappa shape index (κ3) is 7.35. The van der Waals surface area contributed by atoms with Crippen LogP contribution < -0.4 is 10.1 Å². The summed E-state index contributed by atoms with van der Waals surface area (Å²) in [6.45, 7) is 5.22. The number of nitrogens with one attached hydrogen (secondary N) is 1. The molecule has 1 atom stereocenters. The summed E-state index contributed by atoms with van der Waals surface area (Å²) in [6, 6.07) is 22.5. The molecule has 0 bridgehead atoms. The maximum atomic E-state index is 13.5. The number of hydrogen-bond acceptors (Lipinski definition) is 7. The first-order chi connectivity index (χ1) is 20.5. The fraction of sp³-hybridized carbons (Fsp3) is 0.364. The second-order valence-electron chi connectivity index (χ2n) is 10.5. The molecule has 220 valence electrons. The molecule has 3 aromatic rings. The smallest absolute Gasteiger partial charge is 0.305 e. The van der Waals surface area contributed by atoms with Crippen molar-refractivity contribution in [1.29, 1.82) is 0 Å². The highest BCUT2D eigenvalue weighted by molar-refractivity contribution is 6.01. The highest BCUT2D eigenvalue weighted by atomic mass is 16.5. The SMILES string of the molecule is COC(=O)CCC(C(=O)NCc1ccccc1)N1Cc2c(OCc3ccc(CN4CCOCC4)cc3)cccc2C1=O. The van der Waals surface area contributed by atoms with Crippen molar-refractivity contribution in [2.24, 2.45) is 0 Å². The lowest BCUT2D eigenvalue weighted by molar-refractivity contribution is -0.141. The number of hydrogen-bond donors (Lipinski definition) is 1. The fourth-order valence-corrected chi connectivity index (χ4v) is 5.32. The molecule has 1 N–H and O–H groups in total. The van der Waals surface area contributed by atoms with Crippen LogP contribution in [0, 0.1) is 0 Å². The van der Waals surface area contributed by atoms with E-state index in [4.69, 9.17) is 14.2 Å². The molecule has 5 rings (SSSR count). The summed E-state index contributed by atoms with van der Waals surface area (Å²) in [5.41, 5.74) is 4.46. The van der Waals surface area contributed by atoms with E-state index < -0.39 is 12.0 Å². The number of esters is 1. The van der Waals surface area contributed by atoms with Crippen LogP contribution in [-0.2, 0) is 45.3 Å². The molecule has 0 saturated carbocycles. The Bertz CT molecular complexity index is 1370. The van der Waals surface area contributed by atoms with Gasteiger partial charge in [0.15, 0.2) is 0 Å². The van der Waals surface area contributed by atoms with E-state index >= 15 is 0 Å². The normalized spacial score (nSPS) is 15.6. The Labute approximate surface area is 246 Å². The van der Waals surface area contributed by atoms with Crippen LogP contribution in [0.4, 0.5) is 0 Å². The van der Waals surface area contributed by atoms with Gasteiger partial charge in [-0.05, 0) is 35.2 Å². The van der Waals surface area contributed by atoms with Gasteiger partial charge in [0.25, 0.3) is 5.91 Å². The molecule has 9 heteroatoms. The molecule has 3 aromatic carbocycles. The third-order valence-corrected chi connectivity index (χ3v) is 7.72. The van der Waals surface area contributed by atoms with E-state index in [2.05, 4.69) is 34.5 Å². The highest BCUT2D eigenvalue weighted by Gasteiger charge is 2.38. The largest absolute Gasteiger partial charge is 0.489 e. The number of morpholine rings is 1. The minimum Gasteiger partial charge on any atom is -0.489 e. The summed E-state index contributed by atoms with van der Waals surface area (Å²) in [4.78, 5) is 42.7. The standard InChI is InChI=1S/C33H37N3O6/c1-40-31(37)15-14-29(32(38)34-20-24-6-3-2-4-7-24)36-22-28-27(33(36)39)8-5-9-30(28)42-23-26-12-10-25(11-13-26)21-35-16-18-41-19-17-35/h2-13,29H,14-23H2,1H3,(H,34,38). The van der Waals surface area contributed by atoms with Gasteiger partial charge in [0, 0.05) is 43.7 Å². The number of methoxy groups -OCH3 is 1. The zero-order valence-electron chi connectivity index (χ0n) is 23.9. The molecule has 2 heterocycles. The molecule has 2 aliphatic rings. The van der Waals surface area contributed by atoms with Gasteiger partial charge >= 0.3 is 5.97 Å². The molecule has 1 unspecified atom stereocenters. The number of amides is 2. The second-order valence-corrected chi connectivity index (χ2v) is 10.5. The molecule has 9 nitrogen and oxygen atoms in total. The lowest BCUT2D eigenvalue weighted by atomic mass is 10.1. The van der Waals surface area contributed by atoms with Gasteiger partial charge in [0.05, 0.1) is 26.9 Å². The zero-order chi connectivity index (χ0) is 29.3. The summed E-state index contributed by atoms with van der Waals surface area (Å²) >= 11 is 0. The van der Waals surface area contributed by atoms with E-state index in [1.165, 1.54) is 17.6 Å². The summed E-state index contributed by atoms with van der Waals surface area (Å²) in [6.07, 6.45) is 0.172. The van der Waals surface area contributed by atoms with Crippen molar-refractivity contribution in [3.63, 3.8) is 0 Å². The molecule has 0 aliphatic carbocycles. The average Bonchev–Trinajstić information content (AvgIpc) is 3.37. The zero-order valence-corrected chi connectivity index (χ0v) is 23.9. The van der Waals surface area contributed by atoms with Crippen molar-refractivity contribution in [2.45, 2.75) is 45.1 Å². The van der Waals surface area contributed by atoms with E-state index in [9.17, 15) is 14.4 Å². The first kappa shape index (κ1) is 29.3. The van der Waals surface area contributed by atoms with Crippen LogP contribution in [0.15, 0.2) is 72.8 Å². The second kappa shape index (κ2) is 14.1. The van der Waals surface area contributed by atoms with Crippen LogP contribution in [0.5, 0.6) is 5.75 Å². The van der Waals surface area contributed by atoms with E-state index in [1.807, 2.05) is 36.4 Å². The maximum Gasteiger partial charge on any atom is 0.305 e. The van der Waals surface area contributed by atoms with Gasteiger partial charge in [-0.2, -0.15) is 0 Å². The van der Waals surface area contributed by atoms with Crippen molar-refractivity contribution < 1.29 is 28.6 Å².